The van der Waals surface area contributed by atoms with Crippen LogP contribution < -0.4 is 15.8 Å². The molecule has 3 atom stereocenters. The maximum Gasteiger partial charge on any atom is 0.305 e. The molecule has 35 heavy (non-hydrogen) atoms. The third-order valence-electron chi connectivity index (χ3n) is 7.16. The lowest BCUT2D eigenvalue weighted by Gasteiger charge is -2.26. The number of anilines is 1. The number of nitrogens with one attached hydrogen (secondary N) is 1. The van der Waals surface area contributed by atoms with Gasteiger partial charge in [-0.25, -0.2) is 0 Å². The summed E-state index contributed by atoms with van der Waals surface area (Å²) in [6.45, 7) is 7.78. The van der Waals surface area contributed by atoms with Crippen molar-refractivity contribution in [3.63, 3.8) is 0 Å². The molecule has 2 aromatic rings. The van der Waals surface area contributed by atoms with Gasteiger partial charge in [0.1, 0.15) is 6.04 Å². The molecule has 188 valence electrons. The Labute approximate surface area is 206 Å². The smallest absolute Gasteiger partial charge is 0.305 e. The minimum Gasteiger partial charge on any atom is -0.481 e. The zero-order chi connectivity index (χ0) is 25.1. The number of rotatable bonds is 10. The molecule has 2 fully saturated rings. The van der Waals surface area contributed by atoms with Crippen molar-refractivity contribution >= 4 is 17.6 Å². The Balaban J connectivity index is 1.56. The summed E-state index contributed by atoms with van der Waals surface area (Å²) in [4.78, 5) is 44.5. The fourth-order valence-corrected chi connectivity index (χ4v) is 5.12. The van der Waals surface area contributed by atoms with E-state index in [2.05, 4.69) is 15.2 Å². The Hall–Kier alpha value is -3.16. The number of pyridine rings is 2. The maximum absolute atomic E-state index is 13.5. The lowest BCUT2D eigenvalue weighted by Crippen LogP contribution is -2.40. The molecule has 2 aromatic heterocycles. The van der Waals surface area contributed by atoms with Crippen molar-refractivity contribution in [1.29, 1.82) is 0 Å². The van der Waals surface area contributed by atoms with Crippen LogP contribution in [0.25, 0.3) is 0 Å². The van der Waals surface area contributed by atoms with Gasteiger partial charge in [-0.05, 0) is 73.6 Å². The largest absolute Gasteiger partial charge is 0.481 e. The van der Waals surface area contributed by atoms with E-state index in [-0.39, 0.29) is 23.8 Å². The van der Waals surface area contributed by atoms with Gasteiger partial charge in [0.2, 0.25) is 5.91 Å². The van der Waals surface area contributed by atoms with E-state index in [1.165, 1.54) is 29.9 Å². The van der Waals surface area contributed by atoms with Gasteiger partial charge in [-0.1, -0.05) is 13.8 Å². The number of carbonyl (C=O) groups excluding carboxylic acids is 1. The third-order valence-corrected chi connectivity index (χ3v) is 7.16. The van der Waals surface area contributed by atoms with Crippen molar-refractivity contribution in [1.82, 2.24) is 14.9 Å². The SMILES string of the molecule is Cc1ccn(C(CC(C)C)C(=O)N[C@@H](CC(=O)O)c2cncc(N3CC[C@H](C4CC4)C3)c2)c(=O)c1. The number of carboxylic acid groups (broad SMARTS) is 1. The first-order valence-corrected chi connectivity index (χ1v) is 12.6. The molecular formula is C27H36N4O4. The Morgan fingerprint density at radius 2 is 1.94 bits per heavy atom. The lowest BCUT2D eigenvalue weighted by molar-refractivity contribution is -0.138. The van der Waals surface area contributed by atoms with E-state index in [1.807, 2.05) is 33.0 Å². The van der Waals surface area contributed by atoms with E-state index in [1.54, 1.807) is 18.5 Å². The number of hydrogen-bond donors (Lipinski definition) is 2. The summed E-state index contributed by atoms with van der Waals surface area (Å²) in [5, 5.41) is 12.5. The summed E-state index contributed by atoms with van der Waals surface area (Å²) in [5.41, 5.74) is 2.20. The predicted molar refractivity (Wildman–Crippen MR) is 134 cm³/mol. The molecular weight excluding hydrogens is 444 g/mol. The van der Waals surface area contributed by atoms with Crippen molar-refractivity contribution < 1.29 is 14.7 Å². The van der Waals surface area contributed by atoms with Gasteiger partial charge in [0.05, 0.1) is 24.3 Å². The fourth-order valence-electron chi connectivity index (χ4n) is 5.12. The molecule has 1 saturated heterocycles. The number of aliphatic carboxylic acids is 1. The molecule has 1 aliphatic carbocycles. The third kappa shape index (κ3) is 6.29. The van der Waals surface area contributed by atoms with Gasteiger partial charge in [0.15, 0.2) is 0 Å². The second-order valence-electron chi connectivity index (χ2n) is 10.6. The van der Waals surface area contributed by atoms with Gasteiger partial charge in [0.25, 0.3) is 5.56 Å². The molecule has 4 rings (SSSR count). The highest BCUT2D eigenvalue weighted by atomic mass is 16.4. The Bertz CT molecular complexity index is 1120. The molecule has 1 aliphatic heterocycles. The predicted octanol–water partition coefficient (Wildman–Crippen LogP) is 3.71. The average Bonchev–Trinajstić information content (AvgIpc) is 3.53. The molecule has 2 N–H and O–H groups in total. The van der Waals surface area contributed by atoms with Crippen molar-refractivity contribution in [3.8, 4) is 0 Å². The Kier molecular flexibility index (Phi) is 7.57. The molecule has 0 radical (unpaired) electrons. The van der Waals surface area contributed by atoms with E-state index in [0.29, 0.717) is 12.0 Å². The van der Waals surface area contributed by atoms with Crippen LogP contribution in [0.4, 0.5) is 5.69 Å². The monoisotopic (exact) mass is 480 g/mol. The number of nitrogens with zero attached hydrogens (tertiary/aromatic N) is 3. The lowest BCUT2D eigenvalue weighted by atomic mass is 10.00. The standard InChI is InChI=1S/C27H36N4O4/c1-17(2)10-24(31-9-6-18(3)11-25(31)32)27(35)29-23(13-26(33)34)21-12-22(15-28-14-21)30-8-7-20(16-30)19-4-5-19/h6,9,11-12,14-15,17,19-20,23-24H,4-5,7-8,10,13,16H2,1-3H3,(H,29,35)(H,33,34)/t20-,23-,24?/m0/s1. The number of carboxylic acids is 1. The van der Waals surface area contributed by atoms with Crippen LogP contribution in [0.5, 0.6) is 0 Å². The number of aryl methyl sites for hydroxylation is 1. The number of hydrogen-bond acceptors (Lipinski definition) is 5. The van der Waals surface area contributed by atoms with Gasteiger partial charge >= 0.3 is 5.97 Å². The highest BCUT2D eigenvalue weighted by molar-refractivity contribution is 5.81. The average molecular weight is 481 g/mol. The van der Waals surface area contributed by atoms with Gasteiger partial charge in [-0.2, -0.15) is 0 Å². The number of carbonyl (C=O) groups is 2. The van der Waals surface area contributed by atoms with Crippen molar-refractivity contribution in [2.45, 2.75) is 65.0 Å². The first-order valence-electron chi connectivity index (χ1n) is 12.6. The zero-order valence-corrected chi connectivity index (χ0v) is 20.8. The topological polar surface area (TPSA) is 105 Å². The first-order chi connectivity index (χ1) is 16.7. The van der Waals surface area contributed by atoms with Crippen LogP contribution in [-0.2, 0) is 9.59 Å². The second-order valence-corrected chi connectivity index (χ2v) is 10.6. The van der Waals surface area contributed by atoms with Crippen molar-refractivity contribution in [3.05, 3.63) is 58.3 Å². The molecule has 0 spiro atoms. The molecule has 8 heteroatoms. The van der Waals surface area contributed by atoms with Crippen molar-refractivity contribution in [2.75, 3.05) is 18.0 Å². The van der Waals surface area contributed by atoms with Crippen LogP contribution >= 0.6 is 0 Å². The zero-order valence-electron chi connectivity index (χ0n) is 20.8. The fraction of sp³-hybridized carbons (Fsp3) is 0.556. The van der Waals surface area contributed by atoms with Gasteiger partial charge in [-0.3, -0.25) is 19.4 Å². The molecule has 8 nitrogen and oxygen atoms in total. The van der Waals surface area contributed by atoms with Crippen LogP contribution in [0.15, 0.2) is 41.6 Å². The summed E-state index contributed by atoms with van der Waals surface area (Å²) in [5.74, 6) is 0.354. The van der Waals surface area contributed by atoms with Gasteiger partial charge < -0.3 is 19.9 Å². The van der Waals surface area contributed by atoms with E-state index in [9.17, 15) is 19.5 Å². The highest BCUT2D eigenvalue weighted by Crippen LogP contribution is 2.42. The summed E-state index contributed by atoms with van der Waals surface area (Å²) < 4.78 is 1.44. The van der Waals surface area contributed by atoms with Crippen LogP contribution in [0.2, 0.25) is 0 Å². The van der Waals surface area contributed by atoms with E-state index in [4.69, 9.17) is 0 Å². The number of amides is 1. The van der Waals surface area contributed by atoms with Crippen LogP contribution in [0.1, 0.15) is 69.2 Å². The summed E-state index contributed by atoms with van der Waals surface area (Å²) >= 11 is 0. The van der Waals surface area contributed by atoms with Gasteiger partial charge in [0, 0.05) is 31.5 Å². The number of aromatic nitrogens is 2. The molecule has 0 bridgehead atoms. The van der Waals surface area contributed by atoms with Crippen LogP contribution in [0, 0.1) is 24.7 Å². The van der Waals surface area contributed by atoms with Crippen LogP contribution in [-0.4, -0.2) is 39.6 Å². The van der Waals surface area contributed by atoms with E-state index >= 15 is 0 Å². The molecule has 2 aliphatic rings. The summed E-state index contributed by atoms with van der Waals surface area (Å²) in [6.07, 6.45) is 9.10. The molecule has 1 unspecified atom stereocenters. The maximum atomic E-state index is 13.5. The van der Waals surface area contributed by atoms with Crippen molar-refractivity contribution in [2.24, 2.45) is 17.8 Å². The molecule has 3 heterocycles. The Morgan fingerprint density at radius 1 is 1.17 bits per heavy atom. The van der Waals surface area contributed by atoms with E-state index in [0.717, 1.165) is 36.2 Å². The highest BCUT2D eigenvalue weighted by Gasteiger charge is 2.36. The normalized spacial score (nSPS) is 19.5. The van der Waals surface area contributed by atoms with E-state index < -0.39 is 18.1 Å². The minimum atomic E-state index is -1.01. The molecule has 0 aromatic carbocycles. The Morgan fingerprint density at radius 3 is 2.60 bits per heavy atom. The second kappa shape index (κ2) is 10.6. The quantitative estimate of drug-likeness (QED) is 0.537. The minimum absolute atomic E-state index is 0.163. The molecule has 1 saturated carbocycles. The summed E-state index contributed by atoms with van der Waals surface area (Å²) in [6, 6.07) is 3.78. The summed E-state index contributed by atoms with van der Waals surface area (Å²) in [7, 11) is 0. The van der Waals surface area contributed by atoms with Crippen LogP contribution in [0.3, 0.4) is 0 Å². The first kappa shape index (κ1) is 24.9. The molecule has 1 amide bonds. The van der Waals surface area contributed by atoms with Gasteiger partial charge in [-0.15, -0.1) is 0 Å².